The Morgan fingerprint density at radius 1 is 1.24 bits per heavy atom. The summed E-state index contributed by atoms with van der Waals surface area (Å²) >= 11 is 0. The number of halogens is 1. The van der Waals surface area contributed by atoms with Crippen molar-refractivity contribution in [1.29, 1.82) is 0 Å². The molecule has 2 atom stereocenters. The first-order valence-corrected chi connectivity index (χ1v) is 9.83. The predicted octanol–water partition coefficient (Wildman–Crippen LogP) is 1.96. The molecule has 1 saturated heterocycles. The minimum absolute atomic E-state index is 0.0288. The molecule has 1 aliphatic rings. The van der Waals surface area contributed by atoms with E-state index in [2.05, 4.69) is 15.3 Å². The molecule has 1 aromatic carbocycles. The number of hydrogen-bond acceptors (Lipinski definition) is 4. The first-order chi connectivity index (χ1) is 13.8. The van der Waals surface area contributed by atoms with Gasteiger partial charge in [-0.1, -0.05) is 0 Å². The van der Waals surface area contributed by atoms with Crippen molar-refractivity contribution in [2.45, 2.75) is 44.8 Å². The highest BCUT2D eigenvalue weighted by molar-refractivity contribution is 5.76. The zero-order valence-corrected chi connectivity index (χ0v) is 17.1. The van der Waals surface area contributed by atoms with Gasteiger partial charge >= 0.3 is 0 Å². The third kappa shape index (κ3) is 5.41. The van der Waals surface area contributed by atoms with E-state index < -0.39 is 0 Å². The summed E-state index contributed by atoms with van der Waals surface area (Å²) in [5.74, 6) is -0.238. The molecule has 0 radical (unpaired) electrons. The molecule has 1 fully saturated rings. The number of nitrogens with one attached hydrogen (secondary N) is 1. The van der Waals surface area contributed by atoms with E-state index in [4.69, 9.17) is 0 Å². The van der Waals surface area contributed by atoms with Gasteiger partial charge in [0.15, 0.2) is 0 Å². The highest BCUT2D eigenvalue weighted by atomic mass is 19.1. The van der Waals surface area contributed by atoms with E-state index in [1.807, 2.05) is 13.2 Å². The van der Waals surface area contributed by atoms with Gasteiger partial charge in [-0.2, -0.15) is 5.10 Å². The van der Waals surface area contributed by atoms with Gasteiger partial charge in [0.05, 0.1) is 11.9 Å². The van der Waals surface area contributed by atoms with Crippen LogP contribution in [0.2, 0.25) is 0 Å². The molecule has 0 aliphatic carbocycles. The van der Waals surface area contributed by atoms with E-state index in [9.17, 15) is 14.0 Å². The number of nitrogens with zero attached hydrogens (tertiary/aromatic N) is 4. The van der Waals surface area contributed by atoms with E-state index in [-0.39, 0.29) is 29.7 Å². The van der Waals surface area contributed by atoms with Crippen molar-refractivity contribution in [2.75, 3.05) is 20.6 Å². The van der Waals surface area contributed by atoms with Gasteiger partial charge in [-0.05, 0) is 44.2 Å². The van der Waals surface area contributed by atoms with Crippen LogP contribution in [0.1, 0.15) is 31.7 Å². The van der Waals surface area contributed by atoms with Crippen molar-refractivity contribution >= 4 is 11.8 Å². The van der Waals surface area contributed by atoms with E-state index in [0.717, 1.165) is 24.1 Å². The molecule has 2 amide bonds. The molecule has 29 heavy (non-hydrogen) atoms. The van der Waals surface area contributed by atoms with Gasteiger partial charge < -0.3 is 10.2 Å². The lowest BCUT2D eigenvalue weighted by Gasteiger charge is -2.27. The van der Waals surface area contributed by atoms with Crippen molar-refractivity contribution in [3.63, 3.8) is 0 Å². The van der Waals surface area contributed by atoms with Crippen LogP contribution in [0.15, 0.2) is 36.7 Å². The Balaban J connectivity index is 1.52. The molecule has 156 valence electrons. The maximum Gasteiger partial charge on any atom is 0.224 e. The van der Waals surface area contributed by atoms with Crippen molar-refractivity contribution in [3.05, 3.63) is 48.0 Å². The second kappa shape index (κ2) is 9.17. The number of aromatic nitrogens is 2. The van der Waals surface area contributed by atoms with Crippen LogP contribution in [0.25, 0.3) is 5.69 Å². The van der Waals surface area contributed by atoms with Gasteiger partial charge in [0.25, 0.3) is 0 Å². The molecule has 0 unspecified atom stereocenters. The smallest absolute Gasteiger partial charge is 0.224 e. The van der Waals surface area contributed by atoms with Gasteiger partial charge in [-0.15, -0.1) is 0 Å². The number of amides is 2. The molecular formula is C21H28FN5O2. The quantitative estimate of drug-likeness (QED) is 0.770. The first-order valence-electron chi connectivity index (χ1n) is 9.83. The molecule has 2 heterocycles. The van der Waals surface area contributed by atoms with Crippen LogP contribution in [-0.2, 0) is 16.1 Å². The fourth-order valence-corrected chi connectivity index (χ4v) is 3.74. The third-order valence-corrected chi connectivity index (χ3v) is 5.55. The zero-order chi connectivity index (χ0) is 21.0. The van der Waals surface area contributed by atoms with Crippen LogP contribution < -0.4 is 5.32 Å². The van der Waals surface area contributed by atoms with Gasteiger partial charge in [0, 0.05) is 57.3 Å². The Morgan fingerprint density at radius 3 is 2.62 bits per heavy atom. The normalized spacial score (nSPS) is 19.3. The molecule has 0 saturated carbocycles. The Kier molecular flexibility index (Phi) is 6.64. The van der Waals surface area contributed by atoms with Crippen molar-refractivity contribution in [1.82, 2.24) is 24.9 Å². The van der Waals surface area contributed by atoms with Crippen LogP contribution in [0.3, 0.4) is 0 Å². The van der Waals surface area contributed by atoms with Gasteiger partial charge in [0.2, 0.25) is 11.8 Å². The topological polar surface area (TPSA) is 70.5 Å². The highest BCUT2D eigenvalue weighted by Crippen LogP contribution is 2.25. The lowest BCUT2D eigenvalue weighted by Crippen LogP contribution is -2.42. The molecule has 2 aromatic rings. The van der Waals surface area contributed by atoms with Gasteiger partial charge in [-0.3, -0.25) is 14.5 Å². The number of carbonyl (C=O) groups is 2. The molecular weight excluding hydrogens is 373 g/mol. The average molecular weight is 401 g/mol. The summed E-state index contributed by atoms with van der Waals surface area (Å²) in [6.45, 7) is 2.60. The maximum absolute atomic E-state index is 13.1. The number of likely N-dealkylation sites (N-methyl/N-ethyl adjacent to an activating group) is 1. The SMILES string of the molecule is CC(=O)NC[C@@H]1CC[C@H](CC(=O)N(C)Cc2cnn(-c3ccc(F)cc3)c2)N1C. The Morgan fingerprint density at radius 2 is 1.93 bits per heavy atom. The minimum Gasteiger partial charge on any atom is -0.355 e. The average Bonchev–Trinajstić information content (AvgIpc) is 3.28. The number of likely N-dealkylation sites (tertiary alicyclic amines) is 1. The number of hydrogen-bond donors (Lipinski definition) is 1. The fourth-order valence-electron chi connectivity index (χ4n) is 3.74. The number of benzene rings is 1. The van der Waals surface area contributed by atoms with E-state index in [0.29, 0.717) is 19.5 Å². The largest absolute Gasteiger partial charge is 0.355 e. The van der Waals surface area contributed by atoms with Crippen molar-refractivity contribution in [3.8, 4) is 5.69 Å². The summed E-state index contributed by atoms with van der Waals surface area (Å²) in [5.41, 5.74) is 1.68. The Bertz CT molecular complexity index is 851. The Hall–Kier alpha value is -2.74. The van der Waals surface area contributed by atoms with Crippen LogP contribution >= 0.6 is 0 Å². The van der Waals surface area contributed by atoms with Crippen LogP contribution in [0.4, 0.5) is 4.39 Å². The molecule has 0 bridgehead atoms. The van der Waals surface area contributed by atoms with Crippen LogP contribution in [0.5, 0.6) is 0 Å². The fraction of sp³-hybridized carbons (Fsp3) is 0.476. The van der Waals surface area contributed by atoms with Crippen LogP contribution in [-0.4, -0.2) is 64.1 Å². The van der Waals surface area contributed by atoms with E-state index in [1.165, 1.54) is 19.1 Å². The molecule has 0 spiro atoms. The number of rotatable bonds is 7. The number of carbonyl (C=O) groups excluding carboxylic acids is 2. The molecule has 8 heteroatoms. The summed E-state index contributed by atoms with van der Waals surface area (Å²) in [4.78, 5) is 27.7. The van der Waals surface area contributed by atoms with Crippen molar-refractivity contribution in [2.24, 2.45) is 0 Å². The molecule has 7 nitrogen and oxygen atoms in total. The summed E-state index contributed by atoms with van der Waals surface area (Å²) in [6, 6.07) is 6.57. The molecule has 3 rings (SSSR count). The second-order valence-corrected chi connectivity index (χ2v) is 7.71. The highest BCUT2D eigenvalue weighted by Gasteiger charge is 2.32. The maximum atomic E-state index is 13.1. The summed E-state index contributed by atoms with van der Waals surface area (Å²) in [5, 5.41) is 7.16. The Labute approximate surface area is 170 Å². The standard InChI is InChI=1S/C21H28FN5O2/c1-15(28)23-12-20-9-8-19(26(20)3)10-21(29)25(2)13-16-11-24-27(14-16)18-6-4-17(22)5-7-18/h4-7,11,14,19-20H,8-10,12-13H2,1-3H3,(H,23,28)/t19-,20+/m1/s1. The zero-order valence-electron chi connectivity index (χ0n) is 17.1. The lowest BCUT2D eigenvalue weighted by atomic mass is 10.1. The van der Waals surface area contributed by atoms with E-state index >= 15 is 0 Å². The predicted molar refractivity (Wildman–Crippen MR) is 108 cm³/mol. The van der Waals surface area contributed by atoms with Gasteiger partial charge in [-0.25, -0.2) is 9.07 Å². The third-order valence-electron chi connectivity index (χ3n) is 5.55. The first kappa shape index (κ1) is 21.0. The van der Waals surface area contributed by atoms with Gasteiger partial charge in [0.1, 0.15) is 5.82 Å². The lowest BCUT2D eigenvalue weighted by molar-refractivity contribution is -0.131. The molecule has 1 aliphatic heterocycles. The molecule has 1 N–H and O–H groups in total. The minimum atomic E-state index is -0.289. The summed E-state index contributed by atoms with van der Waals surface area (Å²) in [7, 11) is 3.81. The molecule has 1 aromatic heterocycles. The van der Waals surface area contributed by atoms with Crippen molar-refractivity contribution < 1.29 is 14.0 Å². The monoisotopic (exact) mass is 401 g/mol. The van der Waals surface area contributed by atoms with E-state index in [1.54, 1.807) is 35.0 Å². The second-order valence-electron chi connectivity index (χ2n) is 7.71. The summed E-state index contributed by atoms with van der Waals surface area (Å²) in [6.07, 6.45) is 5.95. The van der Waals surface area contributed by atoms with Crippen LogP contribution in [0, 0.1) is 5.82 Å². The summed E-state index contributed by atoms with van der Waals surface area (Å²) < 4.78 is 14.7.